The van der Waals surface area contributed by atoms with Crippen LogP contribution in [0.15, 0.2) is 156 Å². The van der Waals surface area contributed by atoms with E-state index in [-0.39, 0.29) is 0 Å². The minimum Gasteiger partial charge on any atom is -0.456 e. The Balaban J connectivity index is 1.18. The molecule has 9 aromatic rings. The molecule has 0 spiro atoms. The Hall–Kier alpha value is -6.46. The minimum atomic E-state index is 0.476. The van der Waals surface area contributed by atoms with Crippen LogP contribution in [0.2, 0.25) is 0 Å². The first-order valence-electron chi connectivity index (χ1n) is 16.2. The van der Waals surface area contributed by atoms with Gasteiger partial charge in [0.05, 0.1) is 34.5 Å². The van der Waals surface area contributed by atoms with E-state index in [1.807, 2.05) is 30.3 Å². The Morgan fingerprint density at radius 1 is 0.479 bits per heavy atom. The van der Waals surface area contributed by atoms with Crippen LogP contribution in [0.3, 0.4) is 0 Å². The number of ether oxygens (including phenoxy) is 1. The molecule has 0 aliphatic carbocycles. The largest absolute Gasteiger partial charge is 0.456 e. The number of hydrogen-bond acceptors (Lipinski definition) is 4. The zero-order valence-electron chi connectivity index (χ0n) is 25.9. The highest BCUT2D eigenvalue weighted by atomic mass is 16.5. The third-order valence-electron chi connectivity index (χ3n) is 9.49. The third-order valence-corrected chi connectivity index (χ3v) is 9.49. The number of fused-ring (bicyclic) bond motifs is 12. The van der Waals surface area contributed by atoms with E-state index in [0.717, 1.165) is 83.8 Å². The van der Waals surface area contributed by atoms with Gasteiger partial charge in [-0.05, 0) is 65.7 Å². The van der Waals surface area contributed by atoms with Gasteiger partial charge in [0, 0.05) is 33.0 Å². The van der Waals surface area contributed by atoms with Gasteiger partial charge >= 0.3 is 0 Å². The predicted octanol–water partition coefficient (Wildman–Crippen LogP) is 11.6. The lowest BCUT2D eigenvalue weighted by Crippen LogP contribution is -2.14. The van der Waals surface area contributed by atoms with Crippen molar-refractivity contribution in [3.05, 3.63) is 152 Å². The molecule has 228 valence electrons. The molecule has 2 N–H and O–H groups in total. The minimum absolute atomic E-state index is 0.476. The van der Waals surface area contributed by atoms with Gasteiger partial charge in [-0.1, -0.05) is 97.1 Å². The number of nitrogens with one attached hydrogen (secondary N) is 2. The standard InChI is InChI=1S/C43H29N3O2/c1-3-11-27(12-4-1)28-19-20-33-39(25-28)48-37-23-24-38-43(41(33)37)45-26-44-42-31(30-15-8-10-18-36(30)47-38)21-22-35-40(42)32-16-7-9-17-34(32)46(35)29-13-5-2-6-14-29/h1-25,44-45H,26H2. The number of nitrogens with zero attached hydrogens (tertiary/aromatic N) is 1. The van der Waals surface area contributed by atoms with Crippen molar-refractivity contribution in [2.75, 3.05) is 17.3 Å². The first kappa shape index (κ1) is 26.7. The molecule has 0 saturated heterocycles. The van der Waals surface area contributed by atoms with Gasteiger partial charge in [-0.2, -0.15) is 0 Å². The molecule has 0 radical (unpaired) electrons. The summed E-state index contributed by atoms with van der Waals surface area (Å²) in [4.78, 5) is 0. The molecule has 0 bridgehead atoms. The SMILES string of the molecule is c1ccc(-c2ccc3c(c2)oc2ccc4c(c23)NCNc2c(ccc3c2c2ccccc2n3-c2ccccc2)-c2ccccc2O4)cc1. The average molecular weight is 620 g/mol. The Morgan fingerprint density at radius 2 is 1.25 bits per heavy atom. The quantitative estimate of drug-likeness (QED) is 0.202. The van der Waals surface area contributed by atoms with E-state index in [1.54, 1.807) is 0 Å². The van der Waals surface area contributed by atoms with E-state index in [1.165, 1.54) is 10.8 Å². The molecule has 1 aliphatic rings. The van der Waals surface area contributed by atoms with Gasteiger partial charge < -0.3 is 24.4 Å². The van der Waals surface area contributed by atoms with E-state index in [2.05, 4.69) is 137 Å². The van der Waals surface area contributed by atoms with Crippen molar-refractivity contribution in [1.82, 2.24) is 4.57 Å². The molecule has 5 nitrogen and oxygen atoms in total. The van der Waals surface area contributed by atoms with Gasteiger partial charge in [0.15, 0.2) is 5.75 Å². The lowest BCUT2D eigenvalue weighted by molar-refractivity contribution is 0.486. The van der Waals surface area contributed by atoms with Crippen molar-refractivity contribution in [3.8, 4) is 39.4 Å². The van der Waals surface area contributed by atoms with Gasteiger partial charge in [-0.3, -0.25) is 0 Å². The number of furan rings is 1. The zero-order chi connectivity index (χ0) is 31.6. The predicted molar refractivity (Wildman–Crippen MR) is 198 cm³/mol. The highest BCUT2D eigenvalue weighted by molar-refractivity contribution is 6.18. The second kappa shape index (κ2) is 10.5. The van der Waals surface area contributed by atoms with E-state index in [0.29, 0.717) is 6.67 Å². The summed E-state index contributed by atoms with van der Waals surface area (Å²) in [7, 11) is 0. The Kier molecular flexibility index (Phi) is 5.87. The maximum Gasteiger partial charge on any atom is 0.151 e. The Labute approximate surface area is 276 Å². The molecule has 0 unspecified atom stereocenters. The van der Waals surface area contributed by atoms with Gasteiger partial charge in [0.25, 0.3) is 0 Å². The highest BCUT2D eigenvalue weighted by Gasteiger charge is 2.23. The van der Waals surface area contributed by atoms with Gasteiger partial charge in [-0.25, -0.2) is 0 Å². The summed E-state index contributed by atoms with van der Waals surface area (Å²) < 4.78 is 15.6. The Morgan fingerprint density at radius 3 is 2.15 bits per heavy atom. The summed E-state index contributed by atoms with van der Waals surface area (Å²) in [6.45, 7) is 0.476. The lowest BCUT2D eigenvalue weighted by Gasteiger charge is -2.22. The number of benzene rings is 7. The number of para-hydroxylation sites is 3. The Bertz CT molecular complexity index is 2670. The molecular weight excluding hydrogens is 590 g/mol. The molecule has 0 amide bonds. The molecule has 10 rings (SSSR count). The maximum atomic E-state index is 6.83. The van der Waals surface area contributed by atoms with Crippen LogP contribution in [-0.2, 0) is 0 Å². The van der Waals surface area contributed by atoms with E-state index < -0.39 is 0 Å². The van der Waals surface area contributed by atoms with Crippen LogP contribution in [0.25, 0.3) is 71.7 Å². The molecule has 3 heterocycles. The highest BCUT2D eigenvalue weighted by Crippen LogP contribution is 2.48. The normalized spacial score (nSPS) is 12.6. The van der Waals surface area contributed by atoms with Crippen molar-refractivity contribution in [2.45, 2.75) is 0 Å². The summed E-state index contributed by atoms with van der Waals surface area (Å²) in [6, 6.07) is 52.8. The molecule has 0 fully saturated rings. The summed E-state index contributed by atoms with van der Waals surface area (Å²) in [5.41, 5.74) is 11.4. The number of aromatic nitrogens is 1. The van der Waals surface area contributed by atoms with E-state index in [4.69, 9.17) is 9.15 Å². The van der Waals surface area contributed by atoms with Crippen molar-refractivity contribution < 1.29 is 9.15 Å². The van der Waals surface area contributed by atoms with Crippen molar-refractivity contribution in [1.29, 1.82) is 0 Å². The van der Waals surface area contributed by atoms with Crippen molar-refractivity contribution >= 4 is 55.1 Å². The zero-order valence-corrected chi connectivity index (χ0v) is 25.9. The summed E-state index contributed by atoms with van der Waals surface area (Å²) >= 11 is 0. The second-order valence-corrected chi connectivity index (χ2v) is 12.2. The smallest absolute Gasteiger partial charge is 0.151 e. The molecule has 5 heteroatoms. The fourth-order valence-electron chi connectivity index (χ4n) is 7.36. The molecule has 2 aromatic heterocycles. The maximum absolute atomic E-state index is 6.83. The van der Waals surface area contributed by atoms with Crippen LogP contribution in [-0.4, -0.2) is 11.2 Å². The van der Waals surface area contributed by atoms with Crippen LogP contribution in [0, 0.1) is 0 Å². The fraction of sp³-hybridized carbons (Fsp3) is 0.0233. The lowest BCUT2D eigenvalue weighted by atomic mass is 9.98. The number of anilines is 2. The molecular formula is C43H29N3O2. The molecule has 48 heavy (non-hydrogen) atoms. The molecule has 0 atom stereocenters. The van der Waals surface area contributed by atoms with Crippen LogP contribution in [0.1, 0.15) is 0 Å². The average Bonchev–Trinajstić information content (AvgIpc) is 3.69. The third kappa shape index (κ3) is 4.04. The van der Waals surface area contributed by atoms with Crippen LogP contribution in [0.4, 0.5) is 11.4 Å². The van der Waals surface area contributed by atoms with Gasteiger partial charge in [0.1, 0.15) is 16.9 Å². The number of rotatable bonds is 2. The van der Waals surface area contributed by atoms with Gasteiger partial charge in [-0.15, -0.1) is 0 Å². The van der Waals surface area contributed by atoms with E-state index >= 15 is 0 Å². The fourth-order valence-corrected chi connectivity index (χ4v) is 7.36. The first-order chi connectivity index (χ1) is 23.8. The molecule has 0 saturated carbocycles. The van der Waals surface area contributed by atoms with E-state index in [9.17, 15) is 0 Å². The second-order valence-electron chi connectivity index (χ2n) is 12.2. The van der Waals surface area contributed by atoms with Crippen molar-refractivity contribution in [3.63, 3.8) is 0 Å². The van der Waals surface area contributed by atoms with Crippen LogP contribution in [0.5, 0.6) is 11.5 Å². The van der Waals surface area contributed by atoms with Crippen molar-refractivity contribution in [2.24, 2.45) is 0 Å². The van der Waals surface area contributed by atoms with Gasteiger partial charge in [0.2, 0.25) is 0 Å². The summed E-state index contributed by atoms with van der Waals surface area (Å²) in [6.07, 6.45) is 0. The monoisotopic (exact) mass is 619 g/mol. The van der Waals surface area contributed by atoms with Crippen LogP contribution >= 0.6 is 0 Å². The van der Waals surface area contributed by atoms with Crippen LogP contribution < -0.4 is 15.4 Å². The topological polar surface area (TPSA) is 51.4 Å². The number of hydrogen-bond donors (Lipinski definition) is 2. The summed E-state index contributed by atoms with van der Waals surface area (Å²) in [5, 5.41) is 12.0. The first-order valence-corrected chi connectivity index (χ1v) is 16.2. The summed E-state index contributed by atoms with van der Waals surface area (Å²) in [5.74, 6) is 1.53. The molecule has 1 aliphatic heterocycles. The molecule has 7 aromatic carbocycles.